The first-order valence-corrected chi connectivity index (χ1v) is 4.43. The molecule has 0 radical (unpaired) electrons. The van der Waals surface area contributed by atoms with Crippen LogP contribution in [0.15, 0.2) is 0 Å². The minimum Gasteiger partial charge on any atom is -0.468 e. The summed E-state index contributed by atoms with van der Waals surface area (Å²) in [6, 6.07) is 0. The smallest absolute Gasteiger partial charge is 0.319 e. The molecular formula is C10H16O3. The van der Waals surface area contributed by atoms with Gasteiger partial charge < -0.3 is 4.74 Å². The summed E-state index contributed by atoms with van der Waals surface area (Å²) in [6.45, 7) is 5.57. The van der Waals surface area contributed by atoms with Crippen molar-refractivity contribution in [2.75, 3.05) is 7.11 Å². The molecule has 0 aromatic rings. The first-order chi connectivity index (χ1) is 5.84. The quantitative estimate of drug-likeness (QED) is 0.483. The van der Waals surface area contributed by atoms with Crippen molar-refractivity contribution in [2.24, 2.45) is 10.8 Å². The highest BCUT2D eigenvalue weighted by atomic mass is 16.5. The molecule has 1 aliphatic rings. The van der Waals surface area contributed by atoms with E-state index in [0.717, 1.165) is 0 Å². The number of hydrogen-bond donors (Lipinski definition) is 0. The lowest BCUT2D eigenvalue weighted by Gasteiger charge is -2.49. The Morgan fingerprint density at radius 2 is 1.69 bits per heavy atom. The van der Waals surface area contributed by atoms with Crippen molar-refractivity contribution >= 4 is 11.8 Å². The molecule has 0 unspecified atom stereocenters. The van der Waals surface area contributed by atoms with E-state index in [1.54, 1.807) is 0 Å². The third kappa shape index (κ3) is 1.47. The topological polar surface area (TPSA) is 43.4 Å². The number of carbonyl (C=O) groups is 2. The zero-order valence-electron chi connectivity index (χ0n) is 8.64. The van der Waals surface area contributed by atoms with E-state index in [1.165, 1.54) is 14.0 Å². The van der Waals surface area contributed by atoms with Crippen LogP contribution in [0, 0.1) is 10.8 Å². The molecule has 0 aromatic heterocycles. The number of esters is 1. The Balaban J connectivity index is 2.83. The lowest BCUT2D eigenvalue weighted by molar-refractivity contribution is -0.172. The van der Waals surface area contributed by atoms with E-state index in [9.17, 15) is 9.59 Å². The molecule has 74 valence electrons. The summed E-state index contributed by atoms with van der Waals surface area (Å²) in [5.74, 6) is -0.446. The maximum absolute atomic E-state index is 11.4. The van der Waals surface area contributed by atoms with Crippen molar-refractivity contribution in [3.05, 3.63) is 0 Å². The van der Waals surface area contributed by atoms with Gasteiger partial charge in [-0.25, -0.2) is 0 Å². The van der Waals surface area contributed by atoms with Crippen LogP contribution in [0.1, 0.15) is 33.6 Å². The molecule has 0 amide bonds. The maximum Gasteiger partial charge on any atom is 0.319 e. The van der Waals surface area contributed by atoms with E-state index in [0.29, 0.717) is 12.8 Å². The van der Waals surface area contributed by atoms with Crippen LogP contribution >= 0.6 is 0 Å². The first kappa shape index (κ1) is 10.2. The standard InChI is InChI=1S/C10H16O3/c1-7(11)10(8(12)13-4)5-9(2,3)6-10/h5-6H2,1-4H3. The second kappa shape index (κ2) is 2.82. The van der Waals surface area contributed by atoms with Crippen molar-refractivity contribution in [3.8, 4) is 0 Å². The fraction of sp³-hybridized carbons (Fsp3) is 0.800. The molecule has 0 N–H and O–H groups in total. The van der Waals surface area contributed by atoms with Crippen molar-refractivity contribution in [1.82, 2.24) is 0 Å². The molecule has 3 nitrogen and oxygen atoms in total. The monoisotopic (exact) mass is 184 g/mol. The second-order valence-electron chi connectivity index (χ2n) is 4.65. The van der Waals surface area contributed by atoms with Gasteiger partial charge in [0.2, 0.25) is 0 Å². The van der Waals surface area contributed by atoms with Gasteiger partial charge in [0.15, 0.2) is 0 Å². The molecule has 0 aromatic carbocycles. The Kier molecular flexibility index (Phi) is 2.22. The van der Waals surface area contributed by atoms with Crippen LogP contribution in [-0.4, -0.2) is 18.9 Å². The molecule has 0 spiro atoms. The predicted octanol–water partition coefficient (Wildman–Crippen LogP) is 1.55. The molecule has 0 atom stereocenters. The Morgan fingerprint density at radius 3 is 1.92 bits per heavy atom. The fourth-order valence-corrected chi connectivity index (χ4v) is 2.31. The van der Waals surface area contributed by atoms with Gasteiger partial charge in [-0.15, -0.1) is 0 Å². The molecule has 3 heteroatoms. The SMILES string of the molecule is COC(=O)C1(C(C)=O)CC(C)(C)C1. The number of hydrogen-bond acceptors (Lipinski definition) is 3. The van der Waals surface area contributed by atoms with Crippen LogP contribution in [0.5, 0.6) is 0 Å². The highest BCUT2D eigenvalue weighted by molar-refractivity contribution is 6.03. The minimum absolute atomic E-state index is 0.0707. The first-order valence-electron chi connectivity index (χ1n) is 4.43. The highest BCUT2D eigenvalue weighted by Crippen LogP contribution is 2.55. The molecule has 0 heterocycles. The molecule has 0 aliphatic heterocycles. The maximum atomic E-state index is 11.4. The Bertz CT molecular complexity index is 245. The van der Waals surface area contributed by atoms with E-state index in [4.69, 9.17) is 0 Å². The van der Waals surface area contributed by atoms with E-state index in [2.05, 4.69) is 18.6 Å². The zero-order chi connectivity index (χ0) is 10.3. The largest absolute Gasteiger partial charge is 0.468 e. The summed E-state index contributed by atoms with van der Waals surface area (Å²) < 4.78 is 4.65. The van der Waals surface area contributed by atoms with E-state index < -0.39 is 5.41 Å². The number of ketones is 1. The van der Waals surface area contributed by atoms with Crippen LogP contribution in [-0.2, 0) is 14.3 Å². The van der Waals surface area contributed by atoms with E-state index >= 15 is 0 Å². The summed E-state index contributed by atoms with van der Waals surface area (Å²) in [7, 11) is 1.33. The molecule has 1 aliphatic carbocycles. The van der Waals surface area contributed by atoms with Crippen LogP contribution in [0.4, 0.5) is 0 Å². The average Bonchev–Trinajstić information content (AvgIpc) is 1.97. The van der Waals surface area contributed by atoms with Crippen LogP contribution in [0.2, 0.25) is 0 Å². The van der Waals surface area contributed by atoms with Gasteiger partial charge in [-0.3, -0.25) is 9.59 Å². The van der Waals surface area contributed by atoms with Crippen molar-refractivity contribution in [2.45, 2.75) is 33.6 Å². The molecule has 1 fully saturated rings. The number of carbonyl (C=O) groups excluding carboxylic acids is 2. The molecule has 1 saturated carbocycles. The van der Waals surface area contributed by atoms with Crippen molar-refractivity contribution in [3.63, 3.8) is 0 Å². The van der Waals surface area contributed by atoms with Gasteiger partial charge in [-0.2, -0.15) is 0 Å². The Labute approximate surface area is 78.5 Å². The highest BCUT2D eigenvalue weighted by Gasteiger charge is 2.58. The number of ether oxygens (including phenoxy) is 1. The molecule has 0 saturated heterocycles. The summed E-state index contributed by atoms with van der Waals surface area (Å²) in [5.41, 5.74) is -0.738. The van der Waals surface area contributed by atoms with Crippen molar-refractivity contribution in [1.29, 1.82) is 0 Å². The van der Waals surface area contributed by atoms with Gasteiger partial charge in [-0.05, 0) is 25.2 Å². The summed E-state index contributed by atoms with van der Waals surface area (Å²) in [6.07, 6.45) is 1.23. The van der Waals surface area contributed by atoms with E-state index in [-0.39, 0.29) is 17.2 Å². The Hall–Kier alpha value is -0.860. The fourth-order valence-electron chi connectivity index (χ4n) is 2.31. The predicted molar refractivity (Wildman–Crippen MR) is 48.1 cm³/mol. The lowest BCUT2D eigenvalue weighted by atomic mass is 9.53. The molecule has 13 heavy (non-hydrogen) atoms. The second-order valence-corrected chi connectivity index (χ2v) is 4.65. The van der Waals surface area contributed by atoms with Crippen LogP contribution < -0.4 is 0 Å². The van der Waals surface area contributed by atoms with Gasteiger partial charge in [0.25, 0.3) is 0 Å². The summed E-state index contributed by atoms with van der Waals surface area (Å²) >= 11 is 0. The molecule has 1 rings (SSSR count). The number of Topliss-reactive ketones (excluding diaryl/α,β-unsaturated/α-hetero) is 1. The third-order valence-electron chi connectivity index (χ3n) is 2.81. The minimum atomic E-state index is -0.835. The van der Waals surface area contributed by atoms with Gasteiger partial charge in [0, 0.05) is 0 Å². The number of methoxy groups -OCH3 is 1. The van der Waals surface area contributed by atoms with Gasteiger partial charge in [-0.1, -0.05) is 13.8 Å². The van der Waals surface area contributed by atoms with Crippen molar-refractivity contribution < 1.29 is 14.3 Å². The van der Waals surface area contributed by atoms with Crippen LogP contribution in [0.25, 0.3) is 0 Å². The van der Waals surface area contributed by atoms with E-state index in [1.807, 2.05) is 0 Å². The number of rotatable bonds is 2. The van der Waals surface area contributed by atoms with Gasteiger partial charge in [0.1, 0.15) is 11.2 Å². The normalized spacial score (nSPS) is 23.1. The Morgan fingerprint density at radius 1 is 1.23 bits per heavy atom. The van der Waals surface area contributed by atoms with Crippen LogP contribution in [0.3, 0.4) is 0 Å². The lowest BCUT2D eigenvalue weighted by Crippen LogP contribution is -2.53. The summed E-state index contributed by atoms with van der Waals surface area (Å²) in [4.78, 5) is 22.7. The van der Waals surface area contributed by atoms with Gasteiger partial charge in [0.05, 0.1) is 7.11 Å². The summed E-state index contributed by atoms with van der Waals surface area (Å²) in [5, 5.41) is 0. The molecular weight excluding hydrogens is 168 g/mol. The molecule has 0 bridgehead atoms. The van der Waals surface area contributed by atoms with Gasteiger partial charge >= 0.3 is 5.97 Å². The zero-order valence-corrected chi connectivity index (χ0v) is 8.64. The third-order valence-corrected chi connectivity index (χ3v) is 2.81. The average molecular weight is 184 g/mol.